The number of thiazole rings is 1. The fraction of sp³-hybridized carbons (Fsp3) is 0.111. The van der Waals surface area contributed by atoms with Crippen molar-refractivity contribution in [2.45, 2.75) is 0 Å². The molecule has 0 unspecified atom stereocenters. The second-order valence-corrected chi connectivity index (χ2v) is 9.15. The molecular weight excluding hydrogens is 438 g/mol. The Hall–Kier alpha value is -2.82. The molecule has 1 aliphatic heterocycles. The van der Waals surface area contributed by atoms with E-state index >= 15 is 0 Å². The smallest absolute Gasteiger partial charge is 0.257 e. The van der Waals surface area contributed by atoms with Gasteiger partial charge in [0.15, 0.2) is 16.6 Å². The van der Waals surface area contributed by atoms with E-state index in [1.54, 1.807) is 35.7 Å². The molecule has 0 spiro atoms. The Labute approximate surface area is 175 Å². The van der Waals surface area contributed by atoms with Crippen LogP contribution in [0.3, 0.4) is 0 Å². The number of nitrogens with one attached hydrogen (secondary N) is 2. The number of fused-ring (bicyclic) bond motifs is 1. The Morgan fingerprint density at radius 2 is 1.97 bits per heavy atom. The van der Waals surface area contributed by atoms with E-state index in [2.05, 4.69) is 15.0 Å². The van der Waals surface area contributed by atoms with Crippen molar-refractivity contribution < 1.29 is 22.7 Å². The lowest BCUT2D eigenvalue weighted by Crippen LogP contribution is -2.11. The van der Waals surface area contributed by atoms with Crippen LogP contribution in [0.5, 0.6) is 11.5 Å². The third-order valence-electron chi connectivity index (χ3n) is 3.90. The largest absolute Gasteiger partial charge is 0.454 e. The van der Waals surface area contributed by atoms with Crippen molar-refractivity contribution >= 4 is 49.7 Å². The number of hydrogen-bond donors (Lipinski definition) is 2. The summed E-state index contributed by atoms with van der Waals surface area (Å²) in [5.41, 5.74) is 2.22. The van der Waals surface area contributed by atoms with Crippen LogP contribution in [-0.2, 0) is 10.0 Å². The van der Waals surface area contributed by atoms with Crippen LogP contribution < -0.4 is 19.5 Å². The molecule has 0 bridgehead atoms. The van der Waals surface area contributed by atoms with Crippen molar-refractivity contribution in [2.75, 3.05) is 23.1 Å². The Morgan fingerprint density at radius 3 is 2.69 bits per heavy atom. The number of benzene rings is 2. The number of sulfonamides is 1. The van der Waals surface area contributed by atoms with Crippen molar-refractivity contribution in [3.63, 3.8) is 0 Å². The molecule has 4 rings (SSSR count). The quantitative estimate of drug-likeness (QED) is 0.610. The molecular formula is C18H14ClN3O5S2. The summed E-state index contributed by atoms with van der Waals surface area (Å²) >= 11 is 7.39. The molecule has 0 aliphatic carbocycles. The molecule has 0 radical (unpaired) electrons. The number of carbonyl (C=O) groups excluding carboxylic acids is 1. The molecule has 3 aromatic rings. The predicted octanol–water partition coefficient (Wildman–Crippen LogP) is 3.82. The van der Waals surface area contributed by atoms with Crippen molar-refractivity contribution in [1.29, 1.82) is 0 Å². The highest BCUT2D eigenvalue weighted by molar-refractivity contribution is 7.92. The highest BCUT2D eigenvalue weighted by Crippen LogP contribution is 2.40. The van der Waals surface area contributed by atoms with Crippen molar-refractivity contribution in [1.82, 2.24) is 4.98 Å². The number of amides is 1. The Kier molecular flexibility index (Phi) is 5.07. The van der Waals surface area contributed by atoms with Crippen LogP contribution in [0.15, 0.2) is 41.8 Å². The van der Waals surface area contributed by atoms with Crippen LogP contribution in [-0.4, -0.2) is 32.4 Å². The lowest BCUT2D eigenvalue weighted by Gasteiger charge is -2.05. The first-order valence-electron chi connectivity index (χ1n) is 8.23. The topological polar surface area (TPSA) is 107 Å². The Bertz CT molecular complexity index is 1190. The average molecular weight is 452 g/mol. The van der Waals surface area contributed by atoms with E-state index in [1.165, 1.54) is 17.4 Å². The summed E-state index contributed by atoms with van der Waals surface area (Å²) in [6, 6.07) is 9.83. The second kappa shape index (κ2) is 7.54. The Balaban J connectivity index is 1.48. The molecule has 1 aromatic heterocycles. The summed E-state index contributed by atoms with van der Waals surface area (Å²) in [4.78, 5) is 16.9. The van der Waals surface area contributed by atoms with Gasteiger partial charge < -0.3 is 9.47 Å². The third kappa shape index (κ3) is 4.44. The van der Waals surface area contributed by atoms with Gasteiger partial charge in [0.05, 0.1) is 17.0 Å². The fourth-order valence-electron chi connectivity index (χ4n) is 2.65. The molecule has 0 saturated heterocycles. The van der Waals surface area contributed by atoms with Gasteiger partial charge in [0.1, 0.15) is 0 Å². The minimum Gasteiger partial charge on any atom is -0.454 e. The molecule has 2 aromatic carbocycles. The molecule has 2 N–H and O–H groups in total. The van der Waals surface area contributed by atoms with E-state index in [-0.39, 0.29) is 12.7 Å². The minimum atomic E-state index is -3.33. The molecule has 0 saturated carbocycles. The number of carbonyl (C=O) groups is 1. The zero-order valence-electron chi connectivity index (χ0n) is 14.9. The second-order valence-electron chi connectivity index (χ2n) is 6.14. The zero-order valence-corrected chi connectivity index (χ0v) is 17.3. The maximum atomic E-state index is 12.5. The van der Waals surface area contributed by atoms with Crippen molar-refractivity contribution in [3.05, 3.63) is 52.4 Å². The number of aromatic nitrogens is 1. The summed E-state index contributed by atoms with van der Waals surface area (Å²) in [6.45, 7) is 0.0640. The monoisotopic (exact) mass is 451 g/mol. The predicted molar refractivity (Wildman–Crippen MR) is 112 cm³/mol. The average Bonchev–Trinajstić information content (AvgIpc) is 3.30. The first-order chi connectivity index (χ1) is 13.8. The molecule has 150 valence electrons. The molecule has 11 heteroatoms. The molecule has 1 aliphatic rings. The number of anilines is 2. The van der Waals surface area contributed by atoms with Gasteiger partial charge in [0.2, 0.25) is 16.8 Å². The van der Waals surface area contributed by atoms with Crippen LogP contribution >= 0.6 is 22.9 Å². The number of rotatable bonds is 5. The standard InChI is InChI=1S/C18H14ClN3O5S2/c1-29(24,25)22-12-4-2-10(3-5-12)14-8-28-18(20-14)21-17(23)11-6-13(19)16-15(7-11)26-9-27-16/h2-8,22H,9H2,1H3,(H,20,21,23). The van der Waals surface area contributed by atoms with E-state index in [0.717, 1.165) is 11.8 Å². The zero-order chi connectivity index (χ0) is 20.6. The lowest BCUT2D eigenvalue weighted by atomic mass is 10.1. The number of halogens is 1. The first-order valence-corrected chi connectivity index (χ1v) is 11.4. The summed E-state index contributed by atoms with van der Waals surface area (Å²) in [5.74, 6) is 0.470. The summed E-state index contributed by atoms with van der Waals surface area (Å²) in [5, 5.41) is 5.24. The maximum Gasteiger partial charge on any atom is 0.257 e. The van der Waals surface area contributed by atoms with Crippen LogP contribution in [0, 0.1) is 0 Å². The number of ether oxygens (including phenoxy) is 2. The Morgan fingerprint density at radius 1 is 1.21 bits per heavy atom. The van der Waals surface area contributed by atoms with Crippen LogP contribution in [0.1, 0.15) is 10.4 Å². The van der Waals surface area contributed by atoms with E-state index in [9.17, 15) is 13.2 Å². The molecule has 0 fully saturated rings. The molecule has 2 heterocycles. The highest BCUT2D eigenvalue weighted by atomic mass is 35.5. The van der Waals surface area contributed by atoms with E-state index in [0.29, 0.717) is 38.6 Å². The van der Waals surface area contributed by atoms with Gasteiger partial charge in [-0.3, -0.25) is 14.8 Å². The van der Waals surface area contributed by atoms with Crippen LogP contribution in [0.25, 0.3) is 11.3 Å². The van der Waals surface area contributed by atoms with Gasteiger partial charge >= 0.3 is 0 Å². The molecule has 8 nitrogen and oxygen atoms in total. The van der Waals surface area contributed by atoms with Gasteiger partial charge in [0, 0.05) is 22.2 Å². The van der Waals surface area contributed by atoms with E-state index < -0.39 is 10.0 Å². The molecule has 0 atom stereocenters. The lowest BCUT2D eigenvalue weighted by molar-refractivity contribution is 0.102. The van der Waals surface area contributed by atoms with Crippen LogP contribution in [0.4, 0.5) is 10.8 Å². The summed E-state index contributed by atoms with van der Waals surface area (Å²) < 4.78 is 35.5. The van der Waals surface area contributed by atoms with Gasteiger partial charge in [-0.1, -0.05) is 23.7 Å². The number of hydrogen-bond acceptors (Lipinski definition) is 7. The number of nitrogens with zero attached hydrogens (tertiary/aromatic N) is 1. The summed E-state index contributed by atoms with van der Waals surface area (Å²) in [7, 11) is -3.33. The van der Waals surface area contributed by atoms with Gasteiger partial charge in [0.25, 0.3) is 5.91 Å². The van der Waals surface area contributed by atoms with Crippen molar-refractivity contribution in [2.24, 2.45) is 0 Å². The molecule has 29 heavy (non-hydrogen) atoms. The third-order valence-corrected chi connectivity index (χ3v) is 5.54. The maximum absolute atomic E-state index is 12.5. The van der Waals surface area contributed by atoms with Gasteiger partial charge in [-0.15, -0.1) is 11.3 Å². The van der Waals surface area contributed by atoms with E-state index in [1.807, 2.05) is 0 Å². The highest BCUT2D eigenvalue weighted by Gasteiger charge is 2.21. The van der Waals surface area contributed by atoms with E-state index in [4.69, 9.17) is 21.1 Å². The molecule has 1 amide bonds. The van der Waals surface area contributed by atoms with Gasteiger partial charge in [-0.2, -0.15) is 0 Å². The summed E-state index contributed by atoms with van der Waals surface area (Å²) in [6.07, 6.45) is 1.09. The normalized spacial score (nSPS) is 12.6. The van der Waals surface area contributed by atoms with Crippen LogP contribution in [0.2, 0.25) is 5.02 Å². The SMILES string of the molecule is CS(=O)(=O)Nc1ccc(-c2csc(NC(=O)c3cc(Cl)c4c(c3)OCO4)n2)cc1. The van der Waals surface area contributed by atoms with Gasteiger partial charge in [-0.05, 0) is 24.3 Å². The first kappa shape index (κ1) is 19.5. The fourth-order valence-corrected chi connectivity index (χ4v) is 4.20. The van der Waals surface area contributed by atoms with Gasteiger partial charge in [-0.25, -0.2) is 13.4 Å². The van der Waals surface area contributed by atoms with Crippen molar-refractivity contribution in [3.8, 4) is 22.8 Å². The minimum absolute atomic E-state index is 0.0640.